The number of likely N-dealkylation sites (N-methyl/N-ethyl adjacent to an activating group) is 1. The summed E-state index contributed by atoms with van der Waals surface area (Å²) in [6, 6.07) is 5.46. The Bertz CT molecular complexity index is 765. The molecular weight excluding hydrogens is 382 g/mol. The molecule has 0 unspecified atom stereocenters. The van der Waals surface area contributed by atoms with E-state index in [9.17, 15) is 9.59 Å². The molecule has 0 saturated heterocycles. The standard InChI is InChI=1S/C23H35N3O4/c1-15-11-26(12-18-6-7-18)16(2)14-30-21-9-8-19(24-17(3)27)10-20(21)23(28)25(4)13-22(15)29-5/h8-10,15-16,18,22H,6-7,11-14H2,1-5H3,(H,24,27)/t15-,16+,22+/m0/s1. The third kappa shape index (κ3) is 5.73. The molecule has 166 valence electrons. The third-order valence-corrected chi connectivity index (χ3v) is 6.08. The number of rotatable bonds is 4. The summed E-state index contributed by atoms with van der Waals surface area (Å²) in [5.74, 6) is 1.28. The number of methoxy groups -OCH3 is 1. The molecule has 2 aliphatic rings. The number of anilines is 1. The lowest BCUT2D eigenvalue weighted by Gasteiger charge is -2.36. The molecule has 1 aromatic carbocycles. The molecular formula is C23H35N3O4. The van der Waals surface area contributed by atoms with Crippen LogP contribution in [0.15, 0.2) is 18.2 Å². The molecule has 1 aromatic rings. The fourth-order valence-corrected chi connectivity index (χ4v) is 4.02. The smallest absolute Gasteiger partial charge is 0.257 e. The topological polar surface area (TPSA) is 71.1 Å². The average molecular weight is 418 g/mol. The minimum Gasteiger partial charge on any atom is -0.491 e. The van der Waals surface area contributed by atoms with E-state index in [1.165, 1.54) is 19.8 Å². The molecule has 0 radical (unpaired) electrons. The minimum atomic E-state index is -0.178. The molecule has 1 N–H and O–H groups in total. The predicted molar refractivity (Wildman–Crippen MR) is 117 cm³/mol. The maximum atomic E-state index is 13.2. The highest BCUT2D eigenvalue weighted by molar-refractivity contribution is 5.99. The molecule has 1 fully saturated rings. The molecule has 0 bridgehead atoms. The van der Waals surface area contributed by atoms with Crippen molar-refractivity contribution in [3.63, 3.8) is 0 Å². The first-order valence-electron chi connectivity index (χ1n) is 10.8. The van der Waals surface area contributed by atoms with E-state index in [2.05, 4.69) is 24.1 Å². The van der Waals surface area contributed by atoms with Gasteiger partial charge in [-0.15, -0.1) is 0 Å². The molecule has 3 rings (SSSR count). The highest BCUT2D eigenvalue weighted by Crippen LogP contribution is 2.31. The molecule has 1 aliphatic heterocycles. The lowest BCUT2D eigenvalue weighted by Crippen LogP contribution is -2.47. The number of nitrogens with one attached hydrogen (secondary N) is 1. The number of fused-ring (bicyclic) bond motifs is 1. The zero-order valence-corrected chi connectivity index (χ0v) is 18.8. The van der Waals surface area contributed by atoms with Gasteiger partial charge in [-0.3, -0.25) is 14.5 Å². The first-order valence-corrected chi connectivity index (χ1v) is 10.8. The Morgan fingerprint density at radius 1 is 1.27 bits per heavy atom. The van der Waals surface area contributed by atoms with Crippen LogP contribution < -0.4 is 10.1 Å². The van der Waals surface area contributed by atoms with Gasteiger partial charge in [0.05, 0.1) is 11.7 Å². The van der Waals surface area contributed by atoms with Gasteiger partial charge < -0.3 is 19.7 Å². The Balaban J connectivity index is 1.91. The Morgan fingerprint density at radius 2 is 2.00 bits per heavy atom. The Morgan fingerprint density at radius 3 is 2.63 bits per heavy atom. The first kappa shape index (κ1) is 22.6. The summed E-state index contributed by atoms with van der Waals surface area (Å²) in [5.41, 5.74) is 1.03. The van der Waals surface area contributed by atoms with Gasteiger partial charge in [-0.25, -0.2) is 0 Å². The van der Waals surface area contributed by atoms with Crippen LogP contribution in [0.1, 0.15) is 44.0 Å². The van der Waals surface area contributed by atoms with Crippen LogP contribution in [0.5, 0.6) is 5.75 Å². The number of benzene rings is 1. The SMILES string of the molecule is CO[C@@H]1CN(C)C(=O)c2cc(NC(C)=O)ccc2OC[C@@H](C)N(CC2CC2)C[C@@H]1C. The van der Waals surface area contributed by atoms with Crippen LogP contribution in [0.4, 0.5) is 5.69 Å². The maximum Gasteiger partial charge on any atom is 0.257 e. The zero-order chi connectivity index (χ0) is 21.8. The van der Waals surface area contributed by atoms with Gasteiger partial charge in [0, 0.05) is 52.4 Å². The number of hydrogen-bond acceptors (Lipinski definition) is 5. The lowest BCUT2D eigenvalue weighted by atomic mass is 10.0. The zero-order valence-electron chi connectivity index (χ0n) is 18.8. The van der Waals surface area contributed by atoms with Gasteiger partial charge in [0.1, 0.15) is 12.4 Å². The first-order chi connectivity index (χ1) is 14.3. The van der Waals surface area contributed by atoms with Crippen molar-refractivity contribution in [3.8, 4) is 5.75 Å². The summed E-state index contributed by atoms with van der Waals surface area (Å²) in [7, 11) is 3.50. The van der Waals surface area contributed by atoms with E-state index in [1.54, 1.807) is 37.3 Å². The van der Waals surface area contributed by atoms with E-state index in [1.807, 2.05) is 0 Å². The van der Waals surface area contributed by atoms with Crippen LogP contribution in [0.2, 0.25) is 0 Å². The van der Waals surface area contributed by atoms with E-state index in [4.69, 9.17) is 9.47 Å². The quantitative estimate of drug-likeness (QED) is 0.816. The summed E-state index contributed by atoms with van der Waals surface area (Å²) in [6.45, 7) is 8.80. The number of carbonyl (C=O) groups excluding carboxylic acids is 2. The lowest BCUT2D eigenvalue weighted by molar-refractivity contribution is -0.114. The monoisotopic (exact) mass is 417 g/mol. The highest BCUT2D eigenvalue weighted by Gasteiger charge is 2.31. The second kappa shape index (κ2) is 9.79. The number of nitrogens with zero attached hydrogens (tertiary/aromatic N) is 2. The van der Waals surface area contributed by atoms with E-state index >= 15 is 0 Å². The molecule has 1 saturated carbocycles. The van der Waals surface area contributed by atoms with Crippen LogP contribution in [-0.2, 0) is 9.53 Å². The second-order valence-electron chi connectivity index (χ2n) is 8.89. The number of hydrogen-bond donors (Lipinski definition) is 1. The van der Waals surface area contributed by atoms with E-state index in [0.29, 0.717) is 30.2 Å². The van der Waals surface area contributed by atoms with Gasteiger partial charge in [0.25, 0.3) is 5.91 Å². The number of ether oxygens (including phenoxy) is 2. The van der Waals surface area contributed by atoms with Gasteiger partial charge in [-0.2, -0.15) is 0 Å². The van der Waals surface area contributed by atoms with E-state index in [-0.39, 0.29) is 29.9 Å². The van der Waals surface area contributed by atoms with Crippen molar-refractivity contribution in [1.82, 2.24) is 9.80 Å². The van der Waals surface area contributed by atoms with Crippen molar-refractivity contribution in [2.24, 2.45) is 11.8 Å². The summed E-state index contributed by atoms with van der Waals surface area (Å²) in [6.07, 6.45) is 2.55. The van der Waals surface area contributed by atoms with Gasteiger partial charge in [0.15, 0.2) is 0 Å². The Hall–Kier alpha value is -2.12. The molecule has 7 heteroatoms. The van der Waals surface area contributed by atoms with Gasteiger partial charge >= 0.3 is 0 Å². The van der Waals surface area contributed by atoms with Gasteiger partial charge in [0.2, 0.25) is 5.91 Å². The minimum absolute atomic E-state index is 0.0600. The summed E-state index contributed by atoms with van der Waals surface area (Å²) < 4.78 is 11.9. The van der Waals surface area contributed by atoms with Crippen LogP contribution in [0.25, 0.3) is 0 Å². The Labute approximate surface area is 179 Å². The van der Waals surface area contributed by atoms with Crippen LogP contribution >= 0.6 is 0 Å². The molecule has 7 nitrogen and oxygen atoms in total. The van der Waals surface area contributed by atoms with Crippen LogP contribution in [0.3, 0.4) is 0 Å². The average Bonchev–Trinajstić information content (AvgIpc) is 3.52. The molecule has 1 aliphatic carbocycles. The van der Waals surface area contributed by atoms with Crippen molar-refractivity contribution in [3.05, 3.63) is 23.8 Å². The van der Waals surface area contributed by atoms with E-state index < -0.39 is 0 Å². The molecule has 2 amide bonds. The third-order valence-electron chi connectivity index (χ3n) is 6.08. The van der Waals surface area contributed by atoms with Gasteiger partial charge in [-0.1, -0.05) is 6.92 Å². The van der Waals surface area contributed by atoms with Crippen LogP contribution in [0, 0.1) is 11.8 Å². The predicted octanol–water partition coefficient (Wildman–Crippen LogP) is 2.86. The molecule has 3 atom stereocenters. The van der Waals surface area contributed by atoms with Crippen molar-refractivity contribution >= 4 is 17.5 Å². The van der Waals surface area contributed by atoms with E-state index in [0.717, 1.165) is 19.0 Å². The molecule has 0 aromatic heterocycles. The highest BCUT2D eigenvalue weighted by atomic mass is 16.5. The Kier molecular flexibility index (Phi) is 7.36. The van der Waals surface area contributed by atoms with Crippen molar-refractivity contribution in [2.75, 3.05) is 45.7 Å². The molecule has 30 heavy (non-hydrogen) atoms. The summed E-state index contributed by atoms with van der Waals surface area (Å²) >= 11 is 0. The fraction of sp³-hybridized carbons (Fsp3) is 0.652. The summed E-state index contributed by atoms with van der Waals surface area (Å²) in [4.78, 5) is 28.9. The summed E-state index contributed by atoms with van der Waals surface area (Å²) in [5, 5.41) is 2.75. The van der Waals surface area contributed by atoms with Crippen molar-refractivity contribution < 1.29 is 19.1 Å². The van der Waals surface area contributed by atoms with Crippen molar-refractivity contribution in [2.45, 2.75) is 45.8 Å². The van der Waals surface area contributed by atoms with Crippen LogP contribution in [-0.4, -0.2) is 74.2 Å². The molecule has 0 spiro atoms. The number of carbonyl (C=O) groups is 2. The largest absolute Gasteiger partial charge is 0.491 e. The fourth-order valence-electron chi connectivity index (χ4n) is 4.02. The maximum absolute atomic E-state index is 13.2. The number of amides is 2. The van der Waals surface area contributed by atoms with Gasteiger partial charge in [-0.05, 0) is 49.8 Å². The second-order valence-corrected chi connectivity index (χ2v) is 8.89. The van der Waals surface area contributed by atoms with Crippen molar-refractivity contribution in [1.29, 1.82) is 0 Å². The normalized spacial score (nSPS) is 26.2. The molecule has 1 heterocycles.